The van der Waals surface area contributed by atoms with E-state index in [0.29, 0.717) is 24.7 Å². The Morgan fingerprint density at radius 2 is 1.89 bits per heavy atom. The van der Waals surface area contributed by atoms with Crippen LogP contribution in [0.2, 0.25) is 0 Å². The van der Waals surface area contributed by atoms with Crippen LogP contribution in [0.15, 0.2) is 24.5 Å². The third-order valence-corrected chi connectivity index (χ3v) is 7.18. The molecule has 4 heterocycles. The molecule has 27 heavy (non-hydrogen) atoms. The van der Waals surface area contributed by atoms with Crippen molar-refractivity contribution in [3.8, 4) is 0 Å². The van der Waals surface area contributed by atoms with Gasteiger partial charge in [0.1, 0.15) is 0 Å². The van der Waals surface area contributed by atoms with Crippen LogP contribution in [0.3, 0.4) is 0 Å². The highest BCUT2D eigenvalue weighted by Gasteiger charge is 2.56. The average Bonchev–Trinajstić information content (AvgIpc) is 3.29. The van der Waals surface area contributed by atoms with Crippen LogP contribution < -0.4 is 0 Å². The fourth-order valence-corrected chi connectivity index (χ4v) is 5.50. The number of carbonyl (C=O) groups is 2. The predicted octanol–water partition coefficient (Wildman–Crippen LogP) is 2.09. The second-order valence-corrected chi connectivity index (χ2v) is 8.37. The van der Waals surface area contributed by atoms with E-state index in [1.165, 1.54) is 0 Å². The molecule has 1 aromatic rings. The summed E-state index contributed by atoms with van der Waals surface area (Å²) in [6, 6.07) is 3.97. The Kier molecular flexibility index (Phi) is 4.93. The molecule has 2 amide bonds. The van der Waals surface area contributed by atoms with Gasteiger partial charge < -0.3 is 14.9 Å². The van der Waals surface area contributed by atoms with Gasteiger partial charge in [0.05, 0.1) is 6.61 Å². The van der Waals surface area contributed by atoms with Crippen LogP contribution in [0, 0.1) is 11.3 Å². The first-order valence-corrected chi connectivity index (χ1v) is 10.2. The monoisotopic (exact) mass is 371 g/mol. The molecule has 3 aliphatic rings. The van der Waals surface area contributed by atoms with E-state index in [1.807, 2.05) is 4.90 Å². The standard InChI is InChI=1S/C21H29N3O3/c1-2-21(14-25)13-17-3-4-18(21)24(17)20(27)16-7-11-23(12-8-16)19(26)15-5-9-22-10-6-15/h5-6,9-10,16-18,25H,2-4,7-8,11-14H2,1H3/t17-,18+,21-/m1/s1. The van der Waals surface area contributed by atoms with Crippen LogP contribution >= 0.6 is 0 Å². The van der Waals surface area contributed by atoms with Crippen molar-refractivity contribution in [3.63, 3.8) is 0 Å². The Morgan fingerprint density at radius 3 is 2.48 bits per heavy atom. The molecule has 3 saturated heterocycles. The van der Waals surface area contributed by atoms with Gasteiger partial charge in [0.25, 0.3) is 5.91 Å². The zero-order valence-corrected chi connectivity index (χ0v) is 16.0. The number of pyridine rings is 1. The van der Waals surface area contributed by atoms with Crippen molar-refractivity contribution < 1.29 is 14.7 Å². The van der Waals surface area contributed by atoms with E-state index >= 15 is 0 Å². The van der Waals surface area contributed by atoms with E-state index < -0.39 is 0 Å². The van der Waals surface area contributed by atoms with E-state index in [9.17, 15) is 14.7 Å². The highest BCUT2D eigenvalue weighted by atomic mass is 16.3. The first-order valence-electron chi connectivity index (χ1n) is 10.2. The first kappa shape index (κ1) is 18.4. The Labute approximate surface area is 160 Å². The molecule has 3 atom stereocenters. The quantitative estimate of drug-likeness (QED) is 0.879. The van der Waals surface area contributed by atoms with Crippen molar-refractivity contribution in [2.75, 3.05) is 19.7 Å². The molecule has 3 fully saturated rings. The smallest absolute Gasteiger partial charge is 0.253 e. The largest absolute Gasteiger partial charge is 0.396 e. The second kappa shape index (κ2) is 7.23. The van der Waals surface area contributed by atoms with Gasteiger partial charge >= 0.3 is 0 Å². The van der Waals surface area contributed by atoms with Crippen LogP contribution in [0.5, 0.6) is 0 Å². The van der Waals surface area contributed by atoms with Gasteiger partial charge in [-0.1, -0.05) is 6.92 Å². The molecular weight excluding hydrogens is 342 g/mol. The molecule has 146 valence electrons. The maximum Gasteiger partial charge on any atom is 0.253 e. The van der Waals surface area contributed by atoms with Crippen molar-refractivity contribution in [2.45, 2.75) is 57.5 Å². The minimum Gasteiger partial charge on any atom is -0.396 e. The van der Waals surface area contributed by atoms with Crippen molar-refractivity contribution >= 4 is 11.8 Å². The molecule has 0 radical (unpaired) electrons. The van der Waals surface area contributed by atoms with Gasteiger partial charge in [-0.05, 0) is 50.7 Å². The van der Waals surface area contributed by atoms with Crippen LogP contribution in [-0.4, -0.2) is 63.5 Å². The highest BCUT2D eigenvalue weighted by Crippen LogP contribution is 2.52. The number of aliphatic hydroxyl groups excluding tert-OH is 1. The van der Waals surface area contributed by atoms with Crippen molar-refractivity contribution in [1.29, 1.82) is 0 Å². The normalized spacial score (nSPS) is 30.7. The summed E-state index contributed by atoms with van der Waals surface area (Å²) in [5.74, 6) is 0.276. The molecule has 6 nitrogen and oxygen atoms in total. The average molecular weight is 371 g/mol. The lowest BCUT2D eigenvalue weighted by atomic mass is 9.72. The van der Waals surface area contributed by atoms with Gasteiger partial charge in [0.2, 0.25) is 5.91 Å². The summed E-state index contributed by atoms with van der Waals surface area (Å²) in [5.41, 5.74) is 0.555. The number of aromatic nitrogens is 1. The molecule has 6 heteroatoms. The van der Waals surface area contributed by atoms with Gasteiger partial charge in [0.15, 0.2) is 0 Å². The molecule has 0 unspecified atom stereocenters. The maximum absolute atomic E-state index is 13.3. The van der Waals surface area contributed by atoms with Crippen molar-refractivity contribution in [3.05, 3.63) is 30.1 Å². The number of fused-ring (bicyclic) bond motifs is 2. The highest BCUT2D eigenvalue weighted by molar-refractivity contribution is 5.94. The minimum atomic E-state index is -0.101. The van der Waals surface area contributed by atoms with Gasteiger partial charge in [-0.3, -0.25) is 14.6 Å². The van der Waals surface area contributed by atoms with Crippen LogP contribution in [0.25, 0.3) is 0 Å². The second-order valence-electron chi connectivity index (χ2n) is 8.37. The summed E-state index contributed by atoms with van der Waals surface area (Å²) >= 11 is 0. The van der Waals surface area contributed by atoms with Crippen LogP contribution in [-0.2, 0) is 4.79 Å². The lowest BCUT2D eigenvalue weighted by Gasteiger charge is -2.37. The molecule has 1 N–H and O–H groups in total. The number of hydrogen-bond acceptors (Lipinski definition) is 4. The van der Waals surface area contributed by atoms with Gasteiger partial charge in [-0.15, -0.1) is 0 Å². The number of hydrogen-bond donors (Lipinski definition) is 1. The Morgan fingerprint density at radius 1 is 1.19 bits per heavy atom. The van der Waals surface area contributed by atoms with Gasteiger partial charge in [-0.2, -0.15) is 0 Å². The molecular formula is C21H29N3O3. The fourth-order valence-electron chi connectivity index (χ4n) is 5.50. The van der Waals surface area contributed by atoms with Crippen LogP contribution in [0.4, 0.5) is 0 Å². The Hall–Kier alpha value is -1.95. The number of rotatable bonds is 4. The van der Waals surface area contributed by atoms with Crippen molar-refractivity contribution in [2.24, 2.45) is 11.3 Å². The van der Waals surface area contributed by atoms with E-state index in [1.54, 1.807) is 24.5 Å². The number of likely N-dealkylation sites (tertiary alicyclic amines) is 1. The lowest BCUT2D eigenvalue weighted by Crippen LogP contribution is -2.47. The summed E-state index contributed by atoms with van der Waals surface area (Å²) in [7, 11) is 0. The summed E-state index contributed by atoms with van der Waals surface area (Å²) in [6.45, 7) is 3.55. The van der Waals surface area contributed by atoms with E-state index in [-0.39, 0.29) is 35.8 Å². The molecule has 2 bridgehead atoms. The SMILES string of the molecule is CC[C@]1(CO)C[C@H]2CC[C@@H]1N2C(=O)C1CCN(C(=O)c2ccncc2)CC1. The van der Waals surface area contributed by atoms with Gasteiger partial charge in [-0.25, -0.2) is 0 Å². The predicted molar refractivity (Wildman–Crippen MR) is 101 cm³/mol. The van der Waals surface area contributed by atoms with E-state index in [2.05, 4.69) is 16.8 Å². The third kappa shape index (κ3) is 3.04. The number of nitrogens with zero attached hydrogens (tertiary/aromatic N) is 3. The molecule has 3 aliphatic heterocycles. The number of piperidine rings is 1. The van der Waals surface area contributed by atoms with E-state index in [0.717, 1.165) is 38.5 Å². The molecule has 0 aliphatic carbocycles. The third-order valence-electron chi connectivity index (χ3n) is 7.18. The number of aliphatic hydroxyl groups is 1. The summed E-state index contributed by atoms with van der Waals surface area (Å²) < 4.78 is 0. The summed E-state index contributed by atoms with van der Waals surface area (Å²) in [5, 5.41) is 9.97. The van der Waals surface area contributed by atoms with Crippen molar-refractivity contribution in [1.82, 2.24) is 14.8 Å². The zero-order valence-electron chi connectivity index (χ0n) is 16.0. The maximum atomic E-state index is 13.3. The Balaban J connectivity index is 1.39. The summed E-state index contributed by atoms with van der Waals surface area (Å²) in [4.78, 5) is 33.8. The lowest BCUT2D eigenvalue weighted by molar-refractivity contribution is -0.139. The number of carbonyl (C=O) groups excluding carboxylic acids is 2. The Bertz CT molecular complexity index is 696. The molecule has 0 spiro atoms. The van der Waals surface area contributed by atoms with Gasteiger partial charge in [0, 0.05) is 54.5 Å². The number of amides is 2. The topological polar surface area (TPSA) is 73.7 Å². The molecule has 0 aromatic carbocycles. The molecule has 4 rings (SSSR count). The molecule has 0 saturated carbocycles. The minimum absolute atomic E-state index is 0.000869. The van der Waals surface area contributed by atoms with E-state index in [4.69, 9.17) is 0 Å². The zero-order chi connectivity index (χ0) is 19.0. The van der Waals surface area contributed by atoms with Crippen LogP contribution in [0.1, 0.15) is 55.8 Å². The summed E-state index contributed by atoms with van der Waals surface area (Å²) in [6.07, 6.45) is 8.67. The fraction of sp³-hybridized carbons (Fsp3) is 0.667. The first-order chi connectivity index (χ1) is 13.1. The molecule has 1 aromatic heterocycles.